The number of hydrogen-bond acceptors (Lipinski definition) is 6. The zero-order valence-electron chi connectivity index (χ0n) is 12.8. The molecular formula is C14H20N4O4S. The summed E-state index contributed by atoms with van der Waals surface area (Å²) in [4.78, 5) is 23.7. The molecule has 0 saturated carbocycles. The molecule has 1 atom stereocenters. The van der Waals surface area contributed by atoms with E-state index in [0.29, 0.717) is 36.8 Å². The Bertz CT molecular complexity index is 570. The smallest absolute Gasteiger partial charge is 0.319 e. The maximum Gasteiger partial charge on any atom is 0.319 e. The van der Waals surface area contributed by atoms with Gasteiger partial charge in [-0.2, -0.15) is 11.8 Å². The molecule has 5 N–H and O–H groups in total. The van der Waals surface area contributed by atoms with Gasteiger partial charge in [0.2, 0.25) is 0 Å². The number of nitrogens with two attached hydrogens (primary N) is 1. The Kier molecular flexibility index (Phi) is 6.36. The van der Waals surface area contributed by atoms with Gasteiger partial charge in [-0.15, -0.1) is 0 Å². The summed E-state index contributed by atoms with van der Waals surface area (Å²) in [6.07, 6.45) is 2.41. The second-order valence-electron chi connectivity index (χ2n) is 4.80. The highest BCUT2D eigenvalue weighted by Gasteiger charge is 2.20. The van der Waals surface area contributed by atoms with Crippen LogP contribution < -0.4 is 31.4 Å². The molecule has 0 fully saturated rings. The van der Waals surface area contributed by atoms with Crippen molar-refractivity contribution in [2.75, 3.05) is 30.5 Å². The number of hydrogen-bond donors (Lipinski definition) is 4. The average Bonchev–Trinajstić information content (AvgIpc) is 2.57. The molecule has 1 heterocycles. The summed E-state index contributed by atoms with van der Waals surface area (Å²) in [6.45, 7) is 0.974. The molecule has 1 aromatic carbocycles. The monoisotopic (exact) mass is 340 g/mol. The van der Waals surface area contributed by atoms with Crippen LogP contribution in [0.1, 0.15) is 6.42 Å². The number of carbonyl (C=O) groups is 2. The zero-order valence-corrected chi connectivity index (χ0v) is 13.6. The minimum Gasteiger partial charge on any atom is -0.486 e. The molecule has 0 unspecified atom stereocenters. The molecule has 23 heavy (non-hydrogen) atoms. The number of hydrazine groups is 1. The lowest BCUT2D eigenvalue weighted by atomic mass is 10.2. The third-order valence-electron chi connectivity index (χ3n) is 3.17. The first-order valence-corrected chi connectivity index (χ1v) is 8.50. The van der Waals surface area contributed by atoms with Crippen LogP contribution in [0.15, 0.2) is 18.2 Å². The highest BCUT2D eigenvalue weighted by atomic mass is 32.2. The van der Waals surface area contributed by atoms with Crippen molar-refractivity contribution in [1.82, 2.24) is 10.7 Å². The van der Waals surface area contributed by atoms with Crippen LogP contribution in [-0.2, 0) is 4.79 Å². The van der Waals surface area contributed by atoms with Gasteiger partial charge in [0, 0.05) is 11.8 Å². The second kappa shape index (κ2) is 8.49. The summed E-state index contributed by atoms with van der Waals surface area (Å²) >= 11 is 1.58. The maximum atomic E-state index is 12.1. The molecule has 3 amide bonds. The molecule has 9 heteroatoms. The second-order valence-corrected chi connectivity index (χ2v) is 5.79. The average molecular weight is 340 g/mol. The van der Waals surface area contributed by atoms with Gasteiger partial charge in [-0.25, -0.2) is 10.6 Å². The van der Waals surface area contributed by atoms with E-state index in [1.165, 1.54) is 0 Å². The molecule has 2 rings (SSSR count). The molecule has 0 aromatic heterocycles. The van der Waals surface area contributed by atoms with Crippen LogP contribution in [0.25, 0.3) is 0 Å². The molecular weight excluding hydrogens is 320 g/mol. The lowest BCUT2D eigenvalue weighted by molar-refractivity contribution is -0.123. The Hall–Kier alpha value is -2.13. The van der Waals surface area contributed by atoms with Crippen LogP contribution in [0.4, 0.5) is 10.5 Å². The van der Waals surface area contributed by atoms with Gasteiger partial charge in [0.1, 0.15) is 19.3 Å². The summed E-state index contributed by atoms with van der Waals surface area (Å²) in [5.74, 6) is 6.65. The van der Waals surface area contributed by atoms with Crippen molar-refractivity contribution in [2.24, 2.45) is 5.84 Å². The van der Waals surface area contributed by atoms with Crippen molar-refractivity contribution in [3.8, 4) is 11.5 Å². The van der Waals surface area contributed by atoms with E-state index in [0.717, 1.165) is 5.75 Å². The van der Waals surface area contributed by atoms with Crippen molar-refractivity contribution >= 4 is 29.4 Å². The predicted molar refractivity (Wildman–Crippen MR) is 88.7 cm³/mol. The van der Waals surface area contributed by atoms with E-state index in [2.05, 4.69) is 16.1 Å². The fourth-order valence-electron chi connectivity index (χ4n) is 2.05. The van der Waals surface area contributed by atoms with Gasteiger partial charge in [0.15, 0.2) is 11.5 Å². The van der Waals surface area contributed by atoms with Gasteiger partial charge >= 0.3 is 6.03 Å². The molecule has 1 aliphatic rings. The summed E-state index contributed by atoms with van der Waals surface area (Å²) < 4.78 is 10.9. The number of nitrogens with one attached hydrogen (secondary N) is 3. The summed E-state index contributed by atoms with van der Waals surface area (Å²) in [6, 6.07) is 3.92. The predicted octanol–water partition coefficient (Wildman–Crippen LogP) is 0.691. The molecule has 0 bridgehead atoms. The lowest BCUT2D eigenvalue weighted by Gasteiger charge is -2.20. The molecule has 0 saturated heterocycles. The van der Waals surface area contributed by atoms with Gasteiger partial charge in [-0.1, -0.05) is 0 Å². The first-order chi connectivity index (χ1) is 11.1. The Morgan fingerprint density at radius 1 is 1.30 bits per heavy atom. The van der Waals surface area contributed by atoms with Crippen molar-refractivity contribution in [2.45, 2.75) is 12.5 Å². The lowest BCUT2D eigenvalue weighted by Crippen LogP contribution is -2.50. The van der Waals surface area contributed by atoms with Crippen molar-refractivity contribution in [3.63, 3.8) is 0 Å². The number of fused-ring (bicyclic) bond motifs is 1. The van der Waals surface area contributed by atoms with Gasteiger partial charge < -0.3 is 20.1 Å². The number of benzene rings is 1. The molecule has 1 aromatic rings. The normalized spacial score (nSPS) is 13.8. The molecule has 0 radical (unpaired) electrons. The minimum absolute atomic E-state index is 0.434. The van der Waals surface area contributed by atoms with Crippen LogP contribution >= 0.6 is 11.8 Å². The SMILES string of the molecule is CSCC[C@H](NC(=O)Nc1ccc2c(c1)OCCO2)C(=O)NN. The van der Waals surface area contributed by atoms with Crippen molar-refractivity contribution in [3.05, 3.63) is 18.2 Å². The van der Waals surface area contributed by atoms with Crippen LogP contribution in [0.3, 0.4) is 0 Å². The fourth-order valence-corrected chi connectivity index (χ4v) is 2.52. The summed E-state index contributed by atoms with van der Waals surface area (Å²) in [7, 11) is 0. The van der Waals surface area contributed by atoms with Crippen LogP contribution in [0, 0.1) is 0 Å². The van der Waals surface area contributed by atoms with Gasteiger partial charge in [-0.3, -0.25) is 10.2 Å². The Balaban J connectivity index is 1.95. The van der Waals surface area contributed by atoms with Crippen molar-refractivity contribution in [1.29, 1.82) is 0 Å². The zero-order chi connectivity index (χ0) is 16.7. The summed E-state index contributed by atoms with van der Waals surface area (Å²) in [5.41, 5.74) is 2.60. The standard InChI is InChI=1S/C14H20N4O4S/c1-23-7-4-10(13(19)18-15)17-14(20)16-9-2-3-11-12(8-9)22-6-5-21-11/h2-3,8,10H,4-7,15H2,1H3,(H,18,19)(H2,16,17,20)/t10-/m0/s1. The molecule has 0 aliphatic carbocycles. The number of thioether (sulfide) groups is 1. The Labute approximate surface area is 138 Å². The van der Waals surface area contributed by atoms with Crippen LogP contribution in [0.5, 0.6) is 11.5 Å². The fraction of sp³-hybridized carbons (Fsp3) is 0.429. The third kappa shape index (κ3) is 4.93. The van der Waals surface area contributed by atoms with E-state index in [4.69, 9.17) is 15.3 Å². The van der Waals surface area contributed by atoms with E-state index in [-0.39, 0.29) is 0 Å². The van der Waals surface area contributed by atoms with E-state index in [1.807, 2.05) is 6.26 Å². The van der Waals surface area contributed by atoms with E-state index in [1.54, 1.807) is 30.0 Å². The number of ether oxygens (including phenoxy) is 2. The van der Waals surface area contributed by atoms with Gasteiger partial charge in [-0.05, 0) is 30.6 Å². The van der Waals surface area contributed by atoms with E-state index in [9.17, 15) is 9.59 Å². The largest absolute Gasteiger partial charge is 0.486 e. The van der Waals surface area contributed by atoms with Crippen LogP contribution in [0.2, 0.25) is 0 Å². The number of anilines is 1. The minimum atomic E-state index is -0.690. The number of carbonyl (C=O) groups excluding carboxylic acids is 2. The third-order valence-corrected chi connectivity index (χ3v) is 3.82. The van der Waals surface area contributed by atoms with Gasteiger partial charge in [0.25, 0.3) is 5.91 Å². The number of amides is 3. The summed E-state index contributed by atoms with van der Waals surface area (Å²) in [5, 5.41) is 5.27. The highest BCUT2D eigenvalue weighted by Crippen LogP contribution is 2.32. The molecule has 126 valence electrons. The number of urea groups is 1. The van der Waals surface area contributed by atoms with Crippen LogP contribution in [-0.4, -0.2) is 43.2 Å². The maximum absolute atomic E-state index is 12.1. The van der Waals surface area contributed by atoms with Crippen molar-refractivity contribution < 1.29 is 19.1 Å². The number of rotatable bonds is 6. The molecule has 8 nitrogen and oxygen atoms in total. The molecule has 1 aliphatic heterocycles. The highest BCUT2D eigenvalue weighted by molar-refractivity contribution is 7.98. The molecule has 0 spiro atoms. The Morgan fingerprint density at radius 2 is 2.04 bits per heavy atom. The first-order valence-electron chi connectivity index (χ1n) is 7.10. The van der Waals surface area contributed by atoms with Gasteiger partial charge in [0.05, 0.1) is 0 Å². The van der Waals surface area contributed by atoms with E-state index < -0.39 is 18.0 Å². The van der Waals surface area contributed by atoms with E-state index >= 15 is 0 Å². The Morgan fingerprint density at radius 3 is 2.74 bits per heavy atom. The topological polar surface area (TPSA) is 115 Å². The quantitative estimate of drug-likeness (QED) is 0.344. The first kappa shape index (κ1) is 17.2.